The van der Waals surface area contributed by atoms with Crippen LogP contribution >= 0.6 is 0 Å². The Morgan fingerprint density at radius 2 is 2.14 bits per heavy atom. The minimum atomic E-state index is -0.338. The zero-order chi connectivity index (χ0) is 16.3. The Morgan fingerprint density at radius 3 is 2.73 bits per heavy atom. The third-order valence-corrected chi connectivity index (χ3v) is 4.22. The summed E-state index contributed by atoms with van der Waals surface area (Å²) in [5.74, 6) is 1.29. The maximum Gasteiger partial charge on any atom is 0.292 e. The highest BCUT2D eigenvalue weighted by Gasteiger charge is 2.32. The molecule has 1 aliphatic carbocycles. The molecule has 1 aliphatic rings. The van der Waals surface area contributed by atoms with Crippen LogP contribution < -0.4 is 10.1 Å². The molecule has 0 unspecified atom stereocenters. The molecule has 1 aromatic rings. The van der Waals surface area contributed by atoms with Crippen LogP contribution in [0.3, 0.4) is 0 Å². The SMILES string of the molecule is CCOc1ccc([N+](=O)[O-])c(N[C@H]2C[C@@H](C)CC(C)(C)C2)c1. The van der Waals surface area contributed by atoms with E-state index in [1.54, 1.807) is 12.1 Å². The lowest BCUT2D eigenvalue weighted by Crippen LogP contribution is -2.35. The second-order valence-electron chi connectivity index (χ2n) is 7.12. The molecule has 0 spiro atoms. The third kappa shape index (κ3) is 4.12. The van der Waals surface area contributed by atoms with Gasteiger partial charge in [0.2, 0.25) is 0 Å². The topological polar surface area (TPSA) is 64.4 Å². The molecule has 1 fully saturated rings. The van der Waals surface area contributed by atoms with Gasteiger partial charge in [-0.05, 0) is 43.6 Å². The zero-order valence-corrected chi connectivity index (χ0v) is 13.9. The number of nitro benzene ring substituents is 1. The van der Waals surface area contributed by atoms with Gasteiger partial charge in [-0.3, -0.25) is 10.1 Å². The van der Waals surface area contributed by atoms with Gasteiger partial charge in [0.15, 0.2) is 0 Å². The molecule has 0 aromatic heterocycles. The third-order valence-electron chi connectivity index (χ3n) is 4.22. The van der Waals surface area contributed by atoms with Gasteiger partial charge >= 0.3 is 0 Å². The first-order chi connectivity index (χ1) is 10.3. The van der Waals surface area contributed by atoms with Gasteiger partial charge in [0.1, 0.15) is 11.4 Å². The molecule has 22 heavy (non-hydrogen) atoms. The fraction of sp³-hybridized carbons (Fsp3) is 0.647. The maximum atomic E-state index is 11.2. The summed E-state index contributed by atoms with van der Waals surface area (Å²) in [4.78, 5) is 10.9. The van der Waals surface area contributed by atoms with Gasteiger partial charge in [-0.15, -0.1) is 0 Å². The predicted octanol–water partition coefficient (Wildman–Crippen LogP) is 4.62. The molecule has 0 aliphatic heterocycles. The molecule has 0 heterocycles. The molecular formula is C17H26N2O3. The summed E-state index contributed by atoms with van der Waals surface area (Å²) in [6, 6.07) is 5.17. The van der Waals surface area contributed by atoms with E-state index in [2.05, 4.69) is 26.1 Å². The van der Waals surface area contributed by atoms with E-state index in [0.717, 1.165) is 12.8 Å². The van der Waals surface area contributed by atoms with Gasteiger partial charge in [-0.2, -0.15) is 0 Å². The van der Waals surface area contributed by atoms with Crippen LogP contribution in [0.5, 0.6) is 5.75 Å². The fourth-order valence-electron chi connectivity index (χ4n) is 3.72. The van der Waals surface area contributed by atoms with Crippen LogP contribution in [0, 0.1) is 21.4 Å². The molecule has 0 radical (unpaired) electrons. The second kappa shape index (κ2) is 6.55. The van der Waals surface area contributed by atoms with Crippen LogP contribution in [0.2, 0.25) is 0 Å². The van der Waals surface area contributed by atoms with E-state index in [1.165, 1.54) is 12.5 Å². The van der Waals surface area contributed by atoms with E-state index in [-0.39, 0.29) is 22.1 Å². The number of nitrogens with zero attached hydrogens (tertiary/aromatic N) is 1. The number of rotatable bonds is 5. The van der Waals surface area contributed by atoms with Crippen molar-refractivity contribution in [3.63, 3.8) is 0 Å². The van der Waals surface area contributed by atoms with Crippen molar-refractivity contribution in [2.45, 2.75) is 53.0 Å². The molecular weight excluding hydrogens is 280 g/mol. The van der Waals surface area contributed by atoms with E-state index in [4.69, 9.17) is 4.74 Å². The van der Waals surface area contributed by atoms with Crippen LogP contribution in [-0.2, 0) is 0 Å². The zero-order valence-electron chi connectivity index (χ0n) is 13.9. The van der Waals surface area contributed by atoms with Crippen molar-refractivity contribution in [3.8, 4) is 5.75 Å². The summed E-state index contributed by atoms with van der Waals surface area (Å²) in [5.41, 5.74) is 0.937. The molecule has 0 saturated heterocycles. The van der Waals surface area contributed by atoms with E-state index in [0.29, 0.717) is 24.0 Å². The number of hydrogen-bond donors (Lipinski definition) is 1. The summed E-state index contributed by atoms with van der Waals surface area (Å²) in [7, 11) is 0. The normalized spacial score (nSPS) is 23.8. The Morgan fingerprint density at radius 1 is 1.41 bits per heavy atom. The summed E-state index contributed by atoms with van der Waals surface area (Å²) >= 11 is 0. The van der Waals surface area contributed by atoms with Gasteiger partial charge in [-0.25, -0.2) is 0 Å². The summed E-state index contributed by atoms with van der Waals surface area (Å²) in [5, 5.41) is 14.6. The van der Waals surface area contributed by atoms with Crippen molar-refractivity contribution >= 4 is 11.4 Å². The van der Waals surface area contributed by atoms with Crippen molar-refractivity contribution in [2.75, 3.05) is 11.9 Å². The van der Waals surface area contributed by atoms with Crippen molar-refractivity contribution in [1.82, 2.24) is 0 Å². The quantitative estimate of drug-likeness (QED) is 0.637. The van der Waals surface area contributed by atoms with E-state index < -0.39 is 0 Å². The Bertz CT molecular complexity index is 543. The molecule has 1 aromatic carbocycles. The monoisotopic (exact) mass is 306 g/mol. The average molecular weight is 306 g/mol. The van der Waals surface area contributed by atoms with Gasteiger partial charge in [-0.1, -0.05) is 20.8 Å². The summed E-state index contributed by atoms with van der Waals surface area (Å²) < 4.78 is 5.47. The Balaban J connectivity index is 2.23. The van der Waals surface area contributed by atoms with E-state index >= 15 is 0 Å². The summed E-state index contributed by atoms with van der Waals surface area (Å²) in [6.45, 7) is 9.23. The highest BCUT2D eigenvalue weighted by molar-refractivity contribution is 5.64. The van der Waals surface area contributed by atoms with Crippen LogP contribution in [0.1, 0.15) is 47.0 Å². The van der Waals surface area contributed by atoms with Crippen molar-refractivity contribution in [1.29, 1.82) is 0 Å². The van der Waals surface area contributed by atoms with Gasteiger partial charge in [0.25, 0.3) is 5.69 Å². The standard InChI is InChI=1S/C17H26N2O3/c1-5-22-14-6-7-16(19(20)21)15(9-14)18-13-8-12(2)10-17(3,4)11-13/h6-7,9,12-13,18H,5,8,10-11H2,1-4H3/t12-,13+/m1/s1. The van der Waals surface area contributed by atoms with E-state index in [1.807, 2.05) is 6.92 Å². The predicted molar refractivity (Wildman–Crippen MR) is 88.5 cm³/mol. The van der Waals surface area contributed by atoms with Crippen molar-refractivity contribution in [2.24, 2.45) is 11.3 Å². The Kier molecular flexibility index (Phi) is 4.94. The van der Waals surface area contributed by atoms with Crippen LogP contribution in [0.4, 0.5) is 11.4 Å². The lowest BCUT2D eigenvalue weighted by molar-refractivity contribution is -0.384. The molecule has 122 valence electrons. The highest BCUT2D eigenvalue weighted by Crippen LogP contribution is 2.40. The fourth-order valence-corrected chi connectivity index (χ4v) is 3.72. The molecule has 1 N–H and O–H groups in total. The van der Waals surface area contributed by atoms with Crippen LogP contribution in [0.15, 0.2) is 18.2 Å². The number of ether oxygens (including phenoxy) is 1. The highest BCUT2D eigenvalue weighted by atomic mass is 16.6. The molecule has 2 atom stereocenters. The van der Waals surface area contributed by atoms with E-state index in [9.17, 15) is 10.1 Å². The van der Waals surface area contributed by atoms with Crippen molar-refractivity contribution in [3.05, 3.63) is 28.3 Å². The Labute approximate surface area is 132 Å². The lowest BCUT2D eigenvalue weighted by Gasteiger charge is -2.39. The van der Waals surface area contributed by atoms with Crippen LogP contribution in [0.25, 0.3) is 0 Å². The summed E-state index contributed by atoms with van der Waals surface area (Å²) in [6.07, 6.45) is 3.26. The first-order valence-corrected chi connectivity index (χ1v) is 7.98. The maximum absolute atomic E-state index is 11.2. The largest absolute Gasteiger partial charge is 0.494 e. The molecule has 2 rings (SSSR count). The second-order valence-corrected chi connectivity index (χ2v) is 7.12. The lowest BCUT2D eigenvalue weighted by atomic mass is 9.70. The molecule has 0 bridgehead atoms. The minimum absolute atomic E-state index is 0.111. The smallest absolute Gasteiger partial charge is 0.292 e. The van der Waals surface area contributed by atoms with Crippen molar-refractivity contribution < 1.29 is 9.66 Å². The number of benzene rings is 1. The Hall–Kier alpha value is -1.78. The van der Waals surface area contributed by atoms with Gasteiger partial charge in [0.05, 0.1) is 11.5 Å². The number of hydrogen-bond acceptors (Lipinski definition) is 4. The minimum Gasteiger partial charge on any atom is -0.494 e. The first-order valence-electron chi connectivity index (χ1n) is 7.98. The number of nitrogens with one attached hydrogen (secondary N) is 1. The van der Waals surface area contributed by atoms with Gasteiger partial charge in [0, 0.05) is 18.2 Å². The number of anilines is 1. The molecule has 0 amide bonds. The molecule has 1 saturated carbocycles. The number of nitro groups is 1. The molecule has 5 nitrogen and oxygen atoms in total. The first kappa shape index (κ1) is 16.6. The van der Waals surface area contributed by atoms with Crippen LogP contribution in [-0.4, -0.2) is 17.6 Å². The average Bonchev–Trinajstić information content (AvgIpc) is 2.36. The van der Waals surface area contributed by atoms with Gasteiger partial charge < -0.3 is 10.1 Å². The molecule has 5 heteroatoms.